The Morgan fingerprint density at radius 1 is 1.33 bits per heavy atom. The molecule has 1 heterocycles. The number of ketones is 1. The lowest BCUT2D eigenvalue weighted by Gasteiger charge is -2.14. The van der Waals surface area contributed by atoms with Gasteiger partial charge in [-0.2, -0.15) is 0 Å². The number of carbonyl (C=O) groups excluding carboxylic acids is 3. The Labute approximate surface area is 104 Å². The van der Waals surface area contributed by atoms with E-state index in [1.54, 1.807) is 31.2 Å². The highest BCUT2D eigenvalue weighted by molar-refractivity contribution is 6.47. The fraction of sp³-hybridized carbons (Fsp3) is 0.308. The highest BCUT2D eigenvalue weighted by atomic mass is 16.5. The summed E-state index contributed by atoms with van der Waals surface area (Å²) >= 11 is 0. The van der Waals surface area contributed by atoms with Crippen molar-refractivity contribution in [2.75, 3.05) is 18.1 Å². The van der Waals surface area contributed by atoms with E-state index in [1.165, 1.54) is 4.90 Å². The molecule has 1 atom stereocenters. The summed E-state index contributed by atoms with van der Waals surface area (Å²) in [5.74, 6) is -2.98. The molecule has 0 unspecified atom stereocenters. The normalized spacial score (nSPS) is 19.2. The van der Waals surface area contributed by atoms with Crippen LogP contribution in [0.1, 0.15) is 6.92 Å². The van der Waals surface area contributed by atoms with Crippen molar-refractivity contribution in [2.45, 2.75) is 6.92 Å². The number of amides is 1. The van der Waals surface area contributed by atoms with Crippen LogP contribution in [0.4, 0.5) is 5.69 Å². The first-order chi connectivity index (χ1) is 8.65. The zero-order chi connectivity index (χ0) is 13.1. The fourth-order valence-corrected chi connectivity index (χ4v) is 1.89. The van der Waals surface area contributed by atoms with Crippen LogP contribution in [0, 0.1) is 5.92 Å². The second-order valence-electron chi connectivity index (χ2n) is 3.92. The summed E-state index contributed by atoms with van der Waals surface area (Å²) in [6, 6.07) is 8.79. The van der Waals surface area contributed by atoms with Gasteiger partial charge in [-0.15, -0.1) is 0 Å². The highest BCUT2D eigenvalue weighted by Gasteiger charge is 2.44. The SMILES string of the molecule is CCOC(=O)[C@H]1CN(c2ccccc2)C(=O)C1=O. The third-order valence-electron chi connectivity index (χ3n) is 2.78. The van der Waals surface area contributed by atoms with Gasteiger partial charge in [-0.05, 0) is 19.1 Å². The number of nitrogens with zero attached hydrogens (tertiary/aromatic N) is 1. The molecule has 1 aliphatic rings. The lowest BCUT2D eigenvalue weighted by atomic mass is 10.1. The van der Waals surface area contributed by atoms with Crippen LogP contribution >= 0.6 is 0 Å². The van der Waals surface area contributed by atoms with E-state index in [4.69, 9.17) is 4.74 Å². The summed E-state index contributed by atoms with van der Waals surface area (Å²) < 4.78 is 4.79. The van der Waals surface area contributed by atoms with Crippen LogP contribution in [0.15, 0.2) is 30.3 Å². The topological polar surface area (TPSA) is 63.7 Å². The van der Waals surface area contributed by atoms with Gasteiger partial charge in [0.05, 0.1) is 6.61 Å². The minimum atomic E-state index is -1.00. The van der Waals surface area contributed by atoms with Crippen LogP contribution in [0.3, 0.4) is 0 Å². The number of esters is 1. The molecule has 94 valence electrons. The number of anilines is 1. The summed E-state index contributed by atoms with van der Waals surface area (Å²) in [5, 5.41) is 0. The van der Waals surface area contributed by atoms with Crippen molar-refractivity contribution in [3.63, 3.8) is 0 Å². The predicted octanol–water partition coefficient (Wildman–Crippen LogP) is 0.782. The molecule has 5 nitrogen and oxygen atoms in total. The van der Waals surface area contributed by atoms with Gasteiger partial charge in [0.15, 0.2) is 0 Å². The van der Waals surface area contributed by atoms with Crippen LogP contribution in [0.25, 0.3) is 0 Å². The van der Waals surface area contributed by atoms with Crippen LogP contribution in [0.2, 0.25) is 0 Å². The van der Waals surface area contributed by atoms with E-state index in [9.17, 15) is 14.4 Å². The minimum absolute atomic E-state index is 0.0561. The largest absolute Gasteiger partial charge is 0.465 e. The average Bonchev–Trinajstić information content (AvgIpc) is 2.68. The Morgan fingerprint density at radius 3 is 2.61 bits per heavy atom. The van der Waals surface area contributed by atoms with Crippen LogP contribution < -0.4 is 4.90 Å². The van der Waals surface area contributed by atoms with Crippen LogP contribution in [0.5, 0.6) is 0 Å². The van der Waals surface area contributed by atoms with E-state index in [1.807, 2.05) is 6.07 Å². The Kier molecular flexibility index (Phi) is 3.41. The summed E-state index contributed by atoms with van der Waals surface area (Å²) in [4.78, 5) is 36.4. The van der Waals surface area contributed by atoms with Crippen molar-refractivity contribution in [2.24, 2.45) is 5.92 Å². The number of para-hydroxylation sites is 1. The third-order valence-corrected chi connectivity index (χ3v) is 2.78. The molecule has 18 heavy (non-hydrogen) atoms. The number of ether oxygens (including phenoxy) is 1. The van der Waals surface area contributed by atoms with Crippen molar-refractivity contribution < 1.29 is 19.1 Å². The molecule has 0 N–H and O–H groups in total. The first-order valence-electron chi connectivity index (χ1n) is 5.72. The number of hydrogen-bond donors (Lipinski definition) is 0. The van der Waals surface area contributed by atoms with Gasteiger partial charge in [-0.25, -0.2) is 0 Å². The molecule has 0 radical (unpaired) electrons. The molecule has 0 saturated carbocycles. The summed E-state index contributed by atoms with van der Waals surface area (Å²) in [7, 11) is 0. The lowest BCUT2D eigenvalue weighted by Crippen LogP contribution is -2.26. The molecule has 2 rings (SSSR count). The van der Waals surface area contributed by atoms with Gasteiger partial charge in [0, 0.05) is 12.2 Å². The Balaban J connectivity index is 2.20. The molecule has 1 amide bonds. The molecule has 0 bridgehead atoms. The van der Waals surface area contributed by atoms with Gasteiger partial charge in [-0.1, -0.05) is 18.2 Å². The molecule has 1 aliphatic heterocycles. The quantitative estimate of drug-likeness (QED) is 0.450. The van der Waals surface area contributed by atoms with Gasteiger partial charge in [0.2, 0.25) is 5.78 Å². The van der Waals surface area contributed by atoms with Crippen molar-refractivity contribution in [3.8, 4) is 0 Å². The van der Waals surface area contributed by atoms with Crippen LogP contribution in [-0.2, 0) is 19.1 Å². The van der Waals surface area contributed by atoms with E-state index in [-0.39, 0.29) is 13.2 Å². The molecule has 1 fully saturated rings. The van der Waals surface area contributed by atoms with E-state index in [2.05, 4.69) is 0 Å². The van der Waals surface area contributed by atoms with E-state index in [0.29, 0.717) is 5.69 Å². The van der Waals surface area contributed by atoms with Gasteiger partial charge in [0.1, 0.15) is 5.92 Å². The van der Waals surface area contributed by atoms with Crippen LogP contribution in [-0.4, -0.2) is 30.8 Å². The molecule has 0 aliphatic carbocycles. The number of hydrogen-bond acceptors (Lipinski definition) is 4. The summed E-state index contributed by atoms with van der Waals surface area (Å²) in [5.41, 5.74) is 0.614. The average molecular weight is 247 g/mol. The first kappa shape index (κ1) is 12.3. The smallest absolute Gasteiger partial charge is 0.318 e. The van der Waals surface area contributed by atoms with Gasteiger partial charge < -0.3 is 9.64 Å². The monoisotopic (exact) mass is 247 g/mol. The molecule has 1 aromatic rings. The first-order valence-corrected chi connectivity index (χ1v) is 5.72. The van der Waals surface area contributed by atoms with Gasteiger partial charge >= 0.3 is 5.97 Å². The van der Waals surface area contributed by atoms with Crippen molar-refractivity contribution in [3.05, 3.63) is 30.3 Å². The van der Waals surface area contributed by atoms with Gasteiger partial charge in [-0.3, -0.25) is 14.4 Å². The van der Waals surface area contributed by atoms with Crippen molar-refractivity contribution in [1.29, 1.82) is 0 Å². The third kappa shape index (κ3) is 2.11. The summed E-state index contributed by atoms with van der Waals surface area (Å²) in [6.45, 7) is 1.91. The Morgan fingerprint density at radius 2 is 2.00 bits per heavy atom. The zero-order valence-corrected chi connectivity index (χ0v) is 9.96. The van der Waals surface area contributed by atoms with E-state index >= 15 is 0 Å². The molecule has 0 aromatic heterocycles. The fourth-order valence-electron chi connectivity index (χ4n) is 1.89. The maximum absolute atomic E-state index is 11.8. The predicted molar refractivity (Wildman–Crippen MR) is 63.9 cm³/mol. The Hall–Kier alpha value is -2.17. The minimum Gasteiger partial charge on any atom is -0.465 e. The van der Waals surface area contributed by atoms with Crippen molar-refractivity contribution >= 4 is 23.3 Å². The molecule has 0 spiro atoms. The van der Waals surface area contributed by atoms with Crippen molar-refractivity contribution in [1.82, 2.24) is 0 Å². The second kappa shape index (κ2) is 5.00. The molecular formula is C13H13NO4. The zero-order valence-electron chi connectivity index (χ0n) is 9.96. The molecule has 5 heteroatoms. The standard InChI is InChI=1S/C13H13NO4/c1-2-18-13(17)10-8-14(12(16)11(10)15)9-6-4-3-5-7-9/h3-7,10H,2,8H2,1H3/t10-/m0/s1. The highest BCUT2D eigenvalue weighted by Crippen LogP contribution is 2.23. The molecule has 1 saturated heterocycles. The number of benzene rings is 1. The maximum Gasteiger partial charge on any atom is 0.318 e. The Bertz CT molecular complexity index is 483. The van der Waals surface area contributed by atoms with E-state index in [0.717, 1.165) is 0 Å². The summed E-state index contributed by atoms with van der Waals surface area (Å²) in [6.07, 6.45) is 0. The van der Waals surface area contributed by atoms with E-state index < -0.39 is 23.6 Å². The number of rotatable bonds is 3. The lowest BCUT2D eigenvalue weighted by molar-refractivity contribution is -0.151. The molecule has 1 aromatic carbocycles. The maximum atomic E-state index is 11.8. The number of Topliss-reactive ketones (excluding diaryl/α,β-unsaturated/α-hetero) is 1. The second-order valence-corrected chi connectivity index (χ2v) is 3.92. The van der Waals surface area contributed by atoms with Gasteiger partial charge in [0.25, 0.3) is 5.91 Å². The number of carbonyl (C=O) groups is 3. The molecular weight excluding hydrogens is 234 g/mol.